The van der Waals surface area contributed by atoms with Gasteiger partial charge in [-0.05, 0) is 0 Å². The van der Waals surface area contributed by atoms with Crippen LogP contribution in [0.5, 0.6) is 0 Å². The zero-order valence-electron chi connectivity index (χ0n) is 5.24. The Hall–Kier alpha value is 0.532. The molecule has 0 rings (SSSR count). The molecule has 0 saturated carbocycles. The molecule has 0 saturated heterocycles. The van der Waals surface area contributed by atoms with Gasteiger partial charge in [-0.15, -0.1) is 0 Å². The van der Waals surface area contributed by atoms with Crippen LogP contribution in [0.3, 0.4) is 0 Å². The molecule has 0 nitrogen and oxygen atoms in total. The van der Waals surface area contributed by atoms with Crippen molar-refractivity contribution in [2.75, 3.05) is 0 Å². The Morgan fingerprint density at radius 1 is 0.857 bits per heavy atom. The number of rotatable bonds is 3. The number of unbranched alkanes of at least 4 members (excludes halogenated alkanes) is 3. The van der Waals surface area contributed by atoms with E-state index in [4.69, 9.17) is 0 Å². The summed E-state index contributed by atoms with van der Waals surface area (Å²) in [6, 6.07) is 0. The summed E-state index contributed by atoms with van der Waals surface area (Å²) in [5, 5.41) is 0. The first-order valence-electron chi connectivity index (χ1n) is 2.91. The molecule has 0 aromatic rings. The monoisotopic (exact) mass is 138 g/mol. The molecule has 0 aromatic carbocycles. The second-order valence-corrected chi connectivity index (χ2v) is 1.71. The molecule has 0 atom stereocenters. The fourth-order valence-corrected chi connectivity index (χ4v) is 0.500. The molecule has 0 amide bonds. The predicted octanol–water partition coefficient (Wildman–Crippen LogP) is 2.58. The minimum atomic E-state index is 0. The molecule has 1 heteroatoms. The van der Waals surface area contributed by atoms with E-state index < -0.39 is 0 Å². The summed E-state index contributed by atoms with van der Waals surface area (Å²) >= 11 is 0. The smallest absolute Gasteiger partial charge is 0 e. The summed E-state index contributed by atoms with van der Waals surface area (Å²) in [4.78, 5) is 0. The van der Waals surface area contributed by atoms with Crippen LogP contribution in [0.15, 0.2) is 0 Å². The van der Waals surface area contributed by atoms with Crippen molar-refractivity contribution in [2.45, 2.75) is 39.5 Å². The van der Waals surface area contributed by atoms with Gasteiger partial charge in [-0.2, -0.15) is 0 Å². The van der Waals surface area contributed by atoms with Crippen LogP contribution >= 0.6 is 0 Å². The van der Waals surface area contributed by atoms with Crippen LogP contribution in [0.25, 0.3) is 0 Å². The van der Waals surface area contributed by atoms with E-state index in [2.05, 4.69) is 13.8 Å². The molecule has 0 aliphatic rings. The van der Waals surface area contributed by atoms with E-state index in [0.29, 0.717) is 0 Å². The van der Waals surface area contributed by atoms with Crippen molar-refractivity contribution >= 4 is 0 Å². The molecule has 0 unspecified atom stereocenters. The van der Waals surface area contributed by atoms with Crippen LogP contribution in [0.4, 0.5) is 0 Å². The number of hydrogen-bond acceptors (Lipinski definition) is 0. The molecule has 0 radical (unpaired) electrons. The summed E-state index contributed by atoms with van der Waals surface area (Å²) in [6.07, 6.45) is 5.54. The predicted molar refractivity (Wildman–Crippen MR) is 29.8 cm³/mol. The molecule has 0 bridgehead atoms. The van der Waals surface area contributed by atoms with Crippen LogP contribution in [0.1, 0.15) is 39.5 Å². The fourth-order valence-electron chi connectivity index (χ4n) is 0.500. The van der Waals surface area contributed by atoms with Gasteiger partial charge in [0.2, 0.25) is 0 Å². The molecule has 7 heavy (non-hydrogen) atoms. The summed E-state index contributed by atoms with van der Waals surface area (Å²) in [5.41, 5.74) is 0. The summed E-state index contributed by atoms with van der Waals surface area (Å²) in [5.74, 6) is 0. The minimum absolute atomic E-state index is 0. The van der Waals surface area contributed by atoms with Crippen molar-refractivity contribution in [2.24, 2.45) is 0 Å². The number of hydrogen-bond donors (Lipinski definition) is 0. The van der Waals surface area contributed by atoms with Crippen LogP contribution in [0, 0.1) is 0 Å². The van der Waals surface area contributed by atoms with Gasteiger partial charge in [-0.25, -0.2) is 0 Å². The molecular weight excluding hydrogens is 124 g/mol. The maximum atomic E-state index is 2.23. The van der Waals surface area contributed by atoms with E-state index in [-0.39, 0.29) is 17.4 Å². The molecule has 0 fully saturated rings. The maximum Gasteiger partial charge on any atom is 0 e. The third kappa shape index (κ3) is 10.8. The van der Waals surface area contributed by atoms with Crippen molar-refractivity contribution in [1.29, 1.82) is 0 Å². The van der Waals surface area contributed by atoms with E-state index in [1.807, 2.05) is 0 Å². The molecule has 0 aliphatic heterocycles. The molecule has 0 N–H and O–H groups in total. The average Bonchev–Trinajstić information content (AvgIpc) is 1.61. The molecule has 0 heterocycles. The molecule has 44 valence electrons. The zero-order chi connectivity index (χ0) is 4.83. The zero-order valence-corrected chi connectivity index (χ0v) is 6.51. The van der Waals surface area contributed by atoms with E-state index in [1.165, 1.54) is 25.7 Å². The van der Waals surface area contributed by atoms with Crippen molar-refractivity contribution in [3.63, 3.8) is 0 Å². The van der Waals surface area contributed by atoms with Crippen LogP contribution < -0.4 is 0 Å². The maximum absolute atomic E-state index is 2.23. The second-order valence-electron chi connectivity index (χ2n) is 1.71. The van der Waals surface area contributed by atoms with Gasteiger partial charge in [0.05, 0.1) is 0 Å². The van der Waals surface area contributed by atoms with Gasteiger partial charge in [0.1, 0.15) is 0 Å². The van der Waals surface area contributed by atoms with Gasteiger partial charge in [-0.3, -0.25) is 0 Å². The topological polar surface area (TPSA) is 0 Å². The third-order valence-corrected chi connectivity index (χ3v) is 0.957. The first kappa shape index (κ1) is 10.5. The van der Waals surface area contributed by atoms with Gasteiger partial charge in [0.25, 0.3) is 0 Å². The largest absolute Gasteiger partial charge is 0.0654 e. The Bertz CT molecular complexity index is 16.1. The Morgan fingerprint density at radius 2 is 1.14 bits per heavy atom. The Kier molecular flexibility index (Phi) is 14.6. The molecule has 0 aromatic heterocycles. The summed E-state index contributed by atoms with van der Waals surface area (Å²) < 4.78 is 0. The van der Waals surface area contributed by atoms with Crippen molar-refractivity contribution in [3.8, 4) is 0 Å². The quantitative estimate of drug-likeness (QED) is 0.526. The van der Waals surface area contributed by atoms with E-state index in [0.717, 1.165) is 0 Å². The van der Waals surface area contributed by atoms with Crippen LogP contribution in [-0.2, 0) is 17.4 Å². The Morgan fingerprint density at radius 3 is 1.29 bits per heavy atom. The summed E-state index contributed by atoms with van der Waals surface area (Å²) in [6.45, 7) is 4.46. The fraction of sp³-hybridized carbons (Fsp3) is 1.00. The Labute approximate surface area is 57.4 Å². The average molecular weight is 138 g/mol. The first-order chi connectivity index (χ1) is 2.91. The van der Waals surface area contributed by atoms with Crippen molar-refractivity contribution in [1.82, 2.24) is 0 Å². The van der Waals surface area contributed by atoms with Gasteiger partial charge < -0.3 is 0 Å². The molecule has 0 spiro atoms. The summed E-state index contributed by atoms with van der Waals surface area (Å²) in [7, 11) is 0. The van der Waals surface area contributed by atoms with Gasteiger partial charge in [0, 0.05) is 17.4 Å². The first-order valence-corrected chi connectivity index (χ1v) is 2.91. The third-order valence-electron chi connectivity index (χ3n) is 0.957. The van der Waals surface area contributed by atoms with Gasteiger partial charge in [0.15, 0.2) is 0 Å². The second kappa shape index (κ2) is 9.73. The van der Waals surface area contributed by atoms with E-state index in [9.17, 15) is 0 Å². The van der Waals surface area contributed by atoms with Gasteiger partial charge in [-0.1, -0.05) is 39.5 Å². The van der Waals surface area contributed by atoms with Crippen molar-refractivity contribution < 1.29 is 17.4 Å². The van der Waals surface area contributed by atoms with Gasteiger partial charge >= 0.3 is 0 Å². The van der Waals surface area contributed by atoms with E-state index in [1.54, 1.807) is 0 Å². The SMILES string of the molecule is CCCCCC.[Cr]. The minimum Gasteiger partial charge on any atom is -0.0654 e. The van der Waals surface area contributed by atoms with Crippen molar-refractivity contribution in [3.05, 3.63) is 0 Å². The van der Waals surface area contributed by atoms with E-state index >= 15 is 0 Å². The van der Waals surface area contributed by atoms with Crippen LogP contribution in [-0.4, -0.2) is 0 Å². The Balaban J connectivity index is 0. The standard InChI is InChI=1S/C6H14.Cr/c1-3-5-6-4-2;/h3-6H2,1-2H3;. The van der Waals surface area contributed by atoms with Crippen LogP contribution in [0.2, 0.25) is 0 Å². The molecule has 0 aliphatic carbocycles. The molecular formula is C6H14Cr. The normalized spacial score (nSPS) is 7.71.